The van der Waals surface area contributed by atoms with Crippen LogP contribution in [-0.4, -0.2) is 12.6 Å². The Labute approximate surface area is 194 Å². The fraction of sp³-hybridized carbons (Fsp3) is 0.179. The molecule has 0 bridgehead atoms. The Bertz CT molecular complexity index is 1490. The summed E-state index contributed by atoms with van der Waals surface area (Å²) in [5.41, 5.74) is 5.14. The van der Waals surface area contributed by atoms with Crippen LogP contribution in [0.1, 0.15) is 52.4 Å². The molecule has 0 atom stereocenters. The number of fused-ring (bicyclic) bond motifs is 3. The maximum absolute atomic E-state index is 13.3. The summed E-state index contributed by atoms with van der Waals surface area (Å²) in [7, 11) is 0. The summed E-state index contributed by atoms with van der Waals surface area (Å²) in [5, 5.41) is 10.9. The number of halogens is 3. The van der Waals surface area contributed by atoms with E-state index in [0.717, 1.165) is 30.5 Å². The number of nitrogens with zero attached hydrogens (tertiary/aromatic N) is 1. The van der Waals surface area contributed by atoms with Gasteiger partial charge in [-0.05, 0) is 47.4 Å². The number of hydrogen-bond donors (Lipinski definition) is 0. The van der Waals surface area contributed by atoms with Gasteiger partial charge in [0.15, 0.2) is 0 Å². The lowest BCUT2D eigenvalue weighted by Crippen LogP contribution is -2.29. The standard InChI is InChI=1S/C28H20F3NO2/c1-3-5-14-34-27(33)23-12-10-17(4-2)24-25(21-8-6-7-9-22(21)26(23)24)20-13-11-19(28(29,30)31)15-18(20)16-32/h6-13,15H,2-3,5,14H2,1H3. The number of benzene rings is 3. The lowest BCUT2D eigenvalue weighted by Gasteiger charge is -2.12. The molecule has 4 rings (SSSR count). The van der Waals surface area contributed by atoms with Crippen LogP contribution in [0, 0.1) is 11.3 Å². The fourth-order valence-corrected chi connectivity index (χ4v) is 4.21. The average Bonchev–Trinajstić information content (AvgIpc) is 3.17. The molecule has 1 aliphatic carbocycles. The third-order valence-corrected chi connectivity index (χ3v) is 5.80. The third-order valence-electron chi connectivity index (χ3n) is 5.80. The van der Waals surface area contributed by atoms with E-state index in [4.69, 9.17) is 4.74 Å². The summed E-state index contributed by atoms with van der Waals surface area (Å²) >= 11 is 0. The molecule has 0 saturated carbocycles. The van der Waals surface area contributed by atoms with Crippen molar-refractivity contribution in [2.24, 2.45) is 0 Å². The van der Waals surface area contributed by atoms with Crippen molar-refractivity contribution in [2.75, 3.05) is 6.61 Å². The number of carbonyl (C=O) groups is 1. The van der Waals surface area contributed by atoms with Crippen molar-refractivity contribution in [3.8, 4) is 17.2 Å². The van der Waals surface area contributed by atoms with Crippen LogP contribution in [0.4, 0.5) is 13.2 Å². The fourth-order valence-electron chi connectivity index (χ4n) is 4.21. The molecule has 3 aromatic carbocycles. The van der Waals surface area contributed by atoms with Gasteiger partial charge in [-0.1, -0.05) is 50.3 Å². The zero-order valence-corrected chi connectivity index (χ0v) is 18.4. The average molecular weight is 459 g/mol. The first kappa shape index (κ1) is 23.1. The second kappa shape index (κ2) is 9.05. The summed E-state index contributed by atoms with van der Waals surface area (Å²) in [6.07, 6.45) is -2.96. The molecule has 0 aromatic heterocycles. The van der Waals surface area contributed by atoms with Gasteiger partial charge in [0.05, 0.1) is 29.4 Å². The zero-order valence-electron chi connectivity index (χ0n) is 18.4. The van der Waals surface area contributed by atoms with E-state index in [1.54, 1.807) is 18.2 Å². The second-order valence-electron chi connectivity index (χ2n) is 7.87. The smallest absolute Gasteiger partial charge is 0.416 e. The van der Waals surface area contributed by atoms with E-state index in [9.17, 15) is 23.2 Å². The summed E-state index contributed by atoms with van der Waals surface area (Å²) in [5.74, 6) is -0.482. The van der Waals surface area contributed by atoms with Crippen molar-refractivity contribution in [3.63, 3.8) is 0 Å². The van der Waals surface area contributed by atoms with E-state index in [2.05, 4.69) is 12.3 Å². The van der Waals surface area contributed by atoms with Crippen molar-refractivity contribution < 1.29 is 22.7 Å². The largest absolute Gasteiger partial charge is 0.462 e. The van der Waals surface area contributed by atoms with E-state index >= 15 is 0 Å². The number of rotatable bonds is 5. The van der Waals surface area contributed by atoms with Gasteiger partial charge in [-0.15, -0.1) is 5.73 Å². The van der Waals surface area contributed by atoms with Gasteiger partial charge in [-0.3, -0.25) is 0 Å². The molecule has 0 fully saturated rings. The molecule has 0 amide bonds. The van der Waals surface area contributed by atoms with Crippen LogP contribution in [0.25, 0.3) is 22.4 Å². The molecule has 0 spiro atoms. The molecule has 34 heavy (non-hydrogen) atoms. The van der Waals surface area contributed by atoms with Crippen LogP contribution in [0.15, 0.2) is 61.2 Å². The zero-order chi connectivity index (χ0) is 24.5. The van der Waals surface area contributed by atoms with Crippen molar-refractivity contribution in [3.05, 3.63) is 99.4 Å². The van der Waals surface area contributed by atoms with Gasteiger partial charge in [0.1, 0.15) is 0 Å². The summed E-state index contributed by atoms with van der Waals surface area (Å²) in [4.78, 5) is 13.0. The molecule has 0 N–H and O–H groups in total. The highest BCUT2D eigenvalue weighted by molar-refractivity contribution is 6.05. The first-order valence-corrected chi connectivity index (χ1v) is 10.8. The van der Waals surface area contributed by atoms with Crippen LogP contribution < -0.4 is 10.4 Å². The Morgan fingerprint density at radius 1 is 1.06 bits per heavy atom. The highest BCUT2D eigenvalue weighted by atomic mass is 19.4. The van der Waals surface area contributed by atoms with E-state index in [1.165, 1.54) is 6.07 Å². The minimum atomic E-state index is -4.57. The molecule has 0 radical (unpaired) electrons. The van der Waals surface area contributed by atoms with Gasteiger partial charge in [-0.2, -0.15) is 18.4 Å². The number of ether oxygens (including phenoxy) is 1. The van der Waals surface area contributed by atoms with Crippen LogP contribution >= 0.6 is 0 Å². The molecular formula is C28H20F3NO2. The second-order valence-corrected chi connectivity index (χ2v) is 7.87. The SMILES string of the molecule is C=C=c1ccc(C(=O)OCCCC)c2c1=C(c1ccc(C(F)(F)F)cc1C#N)c1ccccc1-2. The van der Waals surface area contributed by atoms with Crippen molar-refractivity contribution >= 4 is 17.3 Å². The number of nitriles is 1. The predicted molar refractivity (Wildman–Crippen MR) is 123 cm³/mol. The number of carbonyl (C=O) groups excluding carboxylic acids is 1. The lowest BCUT2D eigenvalue weighted by atomic mass is 9.93. The van der Waals surface area contributed by atoms with E-state index in [1.807, 2.05) is 31.2 Å². The minimum Gasteiger partial charge on any atom is -0.462 e. The van der Waals surface area contributed by atoms with Crippen molar-refractivity contribution in [1.82, 2.24) is 0 Å². The Kier molecular flexibility index (Phi) is 6.15. The van der Waals surface area contributed by atoms with E-state index in [0.29, 0.717) is 38.3 Å². The maximum atomic E-state index is 13.3. The van der Waals surface area contributed by atoms with Crippen LogP contribution in [0.5, 0.6) is 0 Å². The minimum absolute atomic E-state index is 0.113. The molecule has 0 aliphatic heterocycles. The molecular weight excluding hydrogens is 439 g/mol. The van der Waals surface area contributed by atoms with Crippen LogP contribution in [0.2, 0.25) is 0 Å². The third kappa shape index (κ3) is 3.91. The number of esters is 1. The quantitative estimate of drug-likeness (QED) is 0.300. The molecule has 3 aromatic rings. The van der Waals surface area contributed by atoms with Gasteiger partial charge >= 0.3 is 12.1 Å². The molecule has 0 heterocycles. The van der Waals surface area contributed by atoms with Gasteiger partial charge < -0.3 is 4.74 Å². The topological polar surface area (TPSA) is 50.1 Å². The number of unbranched alkanes of at least 4 members (excludes halogenated alkanes) is 1. The van der Waals surface area contributed by atoms with Crippen molar-refractivity contribution in [1.29, 1.82) is 5.26 Å². The highest BCUT2D eigenvalue weighted by Gasteiger charge is 2.33. The van der Waals surface area contributed by atoms with Crippen molar-refractivity contribution in [2.45, 2.75) is 25.9 Å². The summed E-state index contributed by atoms with van der Waals surface area (Å²) in [6.45, 7) is 6.04. The molecule has 0 saturated heterocycles. The molecule has 170 valence electrons. The van der Waals surface area contributed by atoms with Gasteiger partial charge in [-0.25, -0.2) is 4.79 Å². The number of hydrogen-bond acceptors (Lipinski definition) is 3. The Balaban J connectivity index is 2.08. The Morgan fingerprint density at radius 3 is 2.44 bits per heavy atom. The van der Waals surface area contributed by atoms with Crippen LogP contribution in [0.3, 0.4) is 0 Å². The molecule has 6 heteroatoms. The molecule has 1 aliphatic rings. The summed E-state index contributed by atoms with van der Waals surface area (Å²) in [6, 6.07) is 15.6. The van der Waals surface area contributed by atoms with E-state index in [-0.39, 0.29) is 12.2 Å². The van der Waals surface area contributed by atoms with Crippen LogP contribution in [-0.2, 0) is 10.9 Å². The predicted octanol–water partition coefficient (Wildman–Crippen LogP) is 5.33. The monoisotopic (exact) mass is 459 g/mol. The van der Waals surface area contributed by atoms with Gasteiger partial charge in [0, 0.05) is 21.6 Å². The summed E-state index contributed by atoms with van der Waals surface area (Å²) < 4.78 is 45.3. The normalized spacial score (nSPS) is 11.9. The Hall–Kier alpha value is -4.07. The molecule has 0 unspecified atom stereocenters. The first-order chi connectivity index (χ1) is 16.3. The van der Waals surface area contributed by atoms with Gasteiger partial charge in [0.25, 0.3) is 0 Å². The highest BCUT2D eigenvalue weighted by Crippen LogP contribution is 2.39. The molecule has 3 nitrogen and oxygen atoms in total. The maximum Gasteiger partial charge on any atom is 0.416 e. The van der Waals surface area contributed by atoms with Gasteiger partial charge in [0.2, 0.25) is 0 Å². The first-order valence-electron chi connectivity index (χ1n) is 10.8. The number of alkyl halides is 3. The lowest BCUT2D eigenvalue weighted by molar-refractivity contribution is -0.137. The van der Waals surface area contributed by atoms with E-state index < -0.39 is 17.7 Å². The Morgan fingerprint density at radius 2 is 1.79 bits per heavy atom.